The summed E-state index contributed by atoms with van der Waals surface area (Å²) in [5.74, 6) is -1.52. The molecule has 4 rings (SSSR count). The molecule has 0 amide bonds. The third-order valence-corrected chi connectivity index (χ3v) is 6.66. The summed E-state index contributed by atoms with van der Waals surface area (Å²) in [5.41, 5.74) is 7.56. The van der Waals surface area contributed by atoms with E-state index in [-0.39, 0.29) is 23.4 Å². The fourth-order valence-corrected chi connectivity index (χ4v) is 5.22. The van der Waals surface area contributed by atoms with E-state index < -0.39 is 29.7 Å². The standard InChI is InChI=1S/C18H17F5N4S/c19-10-1-2-13(20)12(3-10)16-14(24)4-11(8-28-16)27-6-9-5-25-17(18(21,22)23)26-15(9)7-27/h1-3,5,11,14,16H,4,6-8,24H2/t11-,14+,16-/m1/s1. The minimum Gasteiger partial charge on any atom is -0.326 e. The van der Waals surface area contributed by atoms with E-state index in [9.17, 15) is 22.0 Å². The van der Waals surface area contributed by atoms with E-state index in [1.165, 1.54) is 24.0 Å². The number of halogens is 5. The van der Waals surface area contributed by atoms with Crippen LogP contribution in [-0.4, -0.2) is 32.7 Å². The number of nitrogens with two attached hydrogens (primary N) is 1. The van der Waals surface area contributed by atoms with Gasteiger partial charge >= 0.3 is 6.18 Å². The van der Waals surface area contributed by atoms with E-state index in [2.05, 4.69) is 9.97 Å². The number of alkyl halides is 3. The van der Waals surface area contributed by atoms with Gasteiger partial charge in [-0.3, -0.25) is 4.90 Å². The maximum Gasteiger partial charge on any atom is 0.451 e. The Labute approximate surface area is 162 Å². The molecule has 3 atom stereocenters. The quantitative estimate of drug-likeness (QED) is 0.758. The van der Waals surface area contributed by atoms with Crippen molar-refractivity contribution in [2.75, 3.05) is 5.75 Å². The first-order valence-corrected chi connectivity index (χ1v) is 9.75. The summed E-state index contributed by atoms with van der Waals surface area (Å²) in [6, 6.07) is 2.95. The molecule has 1 aromatic carbocycles. The van der Waals surface area contributed by atoms with Gasteiger partial charge in [0, 0.05) is 53.5 Å². The highest BCUT2D eigenvalue weighted by molar-refractivity contribution is 7.99. The van der Waals surface area contributed by atoms with Crippen molar-refractivity contribution in [1.82, 2.24) is 14.9 Å². The Morgan fingerprint density at radius 1 is 1.18 bits per heavy atom. The highest BCUT2D eigenvalue weighted by Gasteiger charge is 2.39. The number of thioether (sulfide) groups is 1. The van der Waals surface area contributed by atoms with Crippen LogP contribution in [-0.2, 0) is 19.3 Å². The lowest BCUT2D eigenvalue weighted by Crippen LogP contribution is -2.44. The minimum atomic E-state index is -4.58. The second-order valence-corrected chi connectivity index (χ2v) is 8.22. The van der Waals surface area contributed by atoms with Crippen LogP contribution in [0.25, 0.3) is 0 Å². The van der Waals surface area contributed by atoms with Crippen molar-refractivity contribution >= 4 is 11.8 Å². The minimum absolute atomic E-state index is 0.0106. The molecule has 150 valence electrons. The summed E-state index contributed by atoms with van der Waals surface area (Å²) in [6.07, 6.45) is -2.82. The topological polar surface area (TPSA) is 55.0 Å². The average Bonchev–Trinajstić information content (AvgIpc) is 3.06. The zero-order chi connectivity index (χ0) is 20.1. The molecular formula is C18H17F5N4S. The summed E-state index contributed by atoms with van der Waals surface area (Å²) in [7, 11) is 0. The summed E-state index contributed by atoms with van der Waals surface area (Å²) < 4.78 is 66.0. The number of hydrogen-bond acceptors (Lipinski definition) is 5. The van der Waals surface area contributed by atoms with Gasteiger partial charge in [0.15, 0.2) is 0 Å². The second kappa shape index (κ2) is 7.23. The molecule has 2 aromatic rings. The predicted octanol–water partition coefficient (Wildman–Crippen LogP) is 3.66. The molecule has 0 radical (unpaired) electrons. The molecule has 3 heterocycles. The zero-order valence-electron chi connectivity index (χ0n) is 14.6. The molecule has 0 spiro atoms. The maximum atomic E-state index is 14.1. The van der Waals surface area contributed by atoms with Gasteiger partial charge in [0.25, 0.3) is 0 Å². The van der Waals surface area contributed by atoms with Crippen molar-refractivity contribution in [1.29, 1.82) is 0 Å². The second-order valence-electron chi connectivity index (χ2n) is 7.04. The van der Waals surface area contributed by atoms with Crippen molar-refractivity contribution in [2.24, 2.45) is 5.73 Å². The number of rotatable bonds is 2. The van der Waals surface area contributed by atoms with Crippen molar-refractivity contribution < 1.29 is 22.0 Å². The first-order valence-electron chi connectivity index (χ1n) is 8.70. The van der Waals surface area contributed by atoms with Gasteiger partial charge in [-0.15, -0.1) is 0 Å². The number of aromatic nitrogens is 2. The lowest BCUT2D eigenvalue weighted by Gasteiger charge is -2.38. The molecule has 10 heteroatoms. The van der Waals surface area contributed by atoms with E-state index in [1.807, 2.05) is 4.90 Å². The third-order valence-electron chi connectivity index (χ3n) is 5.12. The summed E-state index contributed by atoms with van der Waals surface area (Å²) in [5, 5.41) is -0.367. The smallest absolute Gasteiger partial charge is 0.326 e. The van der Waals surface area contributed by atoms with E-state index >= 15 is 0 Å². The highest BCUT2D eigenvalue weighted by atomic mass is 32.2. The Kier molecular flexibility index (Phi) is 5.05. The van der Waals surface area contributed by atoms with Crippen LogP contribution in [0, 0.1) is 11.6 Å². The molecule has 0 unspecified atom stereocenters. The summed E-state index contributed by atoms with van der Waals surface area (Å²) >= 11 is 1.44. The van der Waals surface area contributed by atoms with Gasteiger partial charge in [0.1, 0.15) is 11.6 Å². The first kappa shape index (κ1) is 19.5. The average molecular weight is 416 g/mol. The van der Waals surface area contributed by atoms with Crippen molar-refractivity contribution in [3.63, 3.8) is 0 Å². The molecule has 2 aliphatic rings. The van der Waals surface area contributed by atoms with E-state index in [1.54, 1.807) is 0 Å². The van der Waals surface area contributed by atoms with Crippen molar-refractivity contribution in [2.45, 2.75) is 43.0 Å². The monoisotopic (exact) mass is 416 g/mol. The molecule has 4 nitrogen and oxygen atoms in total. The molecule has 1 fully saturated rings. The zero-order valence-corrected chi connectivity index (χ0v) is 15.4. The Bertz CT molecular complexity index is 891. The molecule has 1 aromatic heterocycles. The first-order chi connectivity index (χ1) is 13.2. The van der Waals surface area contributed by atoms with Crippen LogP contribution in [0.1, 0.15) is 34.3 Å². The number of nitrogens with zero attached hydrogens (tertiary/aromatic N) is 3. The van der Waals surface area contributed by atoms with E-state index in [0.29, 0.717) is 30.0 Å². The lowest BCUT2D eigenvalue weighted by atomic mass is 9.98. The van der Waals surface area contributed by atoms with E-state index in [0.717, 1.165) is 12.1 Å². The third kappa shape index (κ3) is 3.72. The van der Waals surface area contributed by atoms with Crippen molar-refractivity contribution in [3.8, 4) is 0 Å². The fraction of sp³-hybridized carbons (Fsp3) is 0.444. The molecular weight excluding hydrogens is 399 g/mol. The van der Waals surface area contributed by atoms with Gasteiger partial charge in [0.2, 0.25) is 5.82 Å². The molecule has 0 aliphatic carbocycles. The number of benzene rings is 1. The SMILES string of the molecule is N[C@H]1C[C@@H](N2Cc3cnc(C(F)(F)F)nc3C2)CS[C@@H]1c1cc(F)ccc1F. The highest BCUT2D eigenvalue weighted by Crippen LogP contribution is 2.41. The maximum absolute atomic E-state index is 14.1. The Balaban J connectivity index is 1.46. The molecule has 28 heavy (non-hydrogen) atoms. The van der Waals surface area contributed by atoms with Crippen LogP contribution in [0.5, 0.6) is 0 Å². The van der Waals surface area contributed by atoms with Gasteiger partial charge in [-0.1, -0.05) is 0 Å². The van der Waals surface area contributed by atoms with Gasteiger partial charge in [-0.25, -0.2) is 18.7 Å². The van der Waals surface area contributed by atoms with E-state index in [4.69, 9.17) is 5.73 Å². The number of fused-ring (bicyclic) bond motifs is 1. The van der Waals surface area contributed by atoms with Gasteiger partial charge < -0.3 is 5.73 Å². The van der Waals surface area contributed by atoms with Gasteiger partial charge in [0.05, 0.1) is 5.69 Å². The Hall–Kier alpha value is -1.78. The van der Waals surface area contributed by atoms with Crippen LogP contribution in [0.4, 0.5) is 22.0 Å². The molecule has 0 bridgehead atoms. The van der Waals surface area contributed by atoms with Crippen LogP contribution in [0.2, 0.25) is 0 Å². The van der Waals surface area contributed by atoms with Crippen LogP contribution in [0.15, 0.2) is 24.4 Å². The molecule has 2 aliphatic heterocycles. The molecule has 1 saturated heterocycles. The summed E-state index contributed by atoms with van der Waals surface area (Å²) in [6.45, 7) is 0.738. The van der Waals surface area contributed by atoms with Crippen LogP contribution >= 0.6 is 11.8 Å². The molecule has 0 saturated carbocycles. The number of hydrogen-bond donors (Lipinski definition) is 1. The normalized spacial score (nSPS) is 25.7. The lowest BCUT2D eigenvalue weighted by molar-refractivity contribution is -0.145. The summed E-state index contributed by atoms with van der Waals surface area (Å²) in [4.78, 5) is 9.10. The fourth-order valence-electron chi connectivity index (χ4n) is 3.72. The molecule has 2 N–H and O–H groups in total. The van der Waals surface area contributed by atoms with Crippen LogP contribution in [0.3, 0.4) is 0 Å². The van der Waals surface area contributed by atoms with Crippen LogP contribution < -0.4 is 5.73 Å². The largest absolute Gasteiger partial charge is 0.451 e. The van der Waals surface area contributed by atoms with Gasteiger partial charge in [-0.05, 0) is 24.6 Å². The van der Waals surface area contributed by atoms with Gasteiger partial charge in [-0.2, -0.15) is 24.9 Å². The Morgan fingerprint density at radius 2 is 1.96 bits per heavy atom. The van der Waals surface area contributed by atoms with Crippen molar-refractivity contribution in [3.05, 3.63) is 58.7 Å². The predicted molar refractivity (Wildman–Crippen MR) is 94.2 cm³/mol. The Morgan fingerprint density at radius 3 is 2.68 bits per heavy atom.